The summed E-state index contributed by atoms with van der Waals surface area (Å²) in [6, 6.07) is 41.1. The maximum atomic E-state index is 9.91. The third-order valence-electron chi connectivity index (χ3n) is 6.97. The van der Waals surface area contributed by atoms with Crippen LogP contribution in [0.1, 0.15) is 22.3 Å². The van der Waals surface area contributed by atoms with Crippen LogP contribution in [0.3, 0.4) is 0 Å². The van der Waals surface area contributed by atoms with E-state index < -0.39 is 0 Å². The lowest BCUT2D eigenvalue weighted by Gasteiger charge is -2.11. The molecule has 0 bridgehead atoms. The predicted octanol–water partition coefficient (Wildman–Crippen LogP) is 7.60. The van der Waals surface area contributed by atoms with Crippen molar-refractivity contribution in [3.05, 3.63) is 125 Å². The van der Waals surface area contributed by atoms with E-state index in [1.165, 1.54) is 0 Å². The van der Waals surface area contributed by atoms with E-state index in [0.29, 0.717) is 33.4 Å². The first-order valence-corrected chi connectivity index (χ1v) is 12.2. The molecule has 0 saturated carbocycles. The molecule has 0 aliphatic rings. The monoisotopic (exact) mass is 495 g/mol. The molecule has 0 radical (unpaired) electrons. The van der Waals surface area contributed by atoms with Crippen LogP contribution >= 0.6 is 0 Å². The molecule has 0 N–H and O–H groups in total. The van der Waals surface area contributed by atoms with E-state index in [1.807, 2.05) is 66.7 Å². The number of hydrogen-bond acceptors (Lipinski definition) is 4. The Bertz CT molecular complexity index is 2040. The Hall–Kier alpha value is -6.14. The highest BCUT2D eigenvalue weighted by Crippen LogP contribution is 2.42. The second-order valence-corrected chi connectivity index (χ2v) is 9.01. The number of fused-ring (bicyclic) bond motifs is 3. The van der Waals surface area contributed by atoms with E-state index in [-0.39, 0.29) is 0 Å². The van der Waals surface area contributed by atoms with E-state index in [0.717, 1.165) is 38.6 Å². The molecule has 0 saturated heterocycles. The fourth-order valence-electron chi connectivity index (χ4n) is 5.36. The number of nitrogens with zero attached hydrogens (tertiary/aromatic N) is 5. The van der Waals surface area contributed by atoms with E-state index in [4.69, 9.17) is 0 Å². The third kappa shape index (κ3) is 3.60. The Morgan fingerprint density at radius 2 is 1.05 bits per heavy atom. The smallest absolute Gasteiger partial charge is 0.0998 e. The van der Waals surface area contributed by atoms with Gasteiger partial charge < -0.3 is 4.57 Å². The van der Waals surface area contributed by atoms with Crippen LogP contribution < -0.4 is 0 Å². The van der Waals surface area contributed by atoms with Gasteiger partial charge in [0, 0.05) is 27.6 Å². The minimum Gasteiger partial charge on any atom is -0.309 e. The van der Waals surface area contributed by atoms with Crippen molar-refractivity contribution in [2.45, 2.75) is 0 Å². The number of para-hydroxylation sites is 1. The van der Waals surface area contributed by atoms with E-state index >= 15 is 0 Å². The summed E-state index contributed by atoms with van der Waals surface area (Å²) in [6.45, 7) is 0. The van der Waals surface area contributed by atoms with Crippen LogP contribution in [0.2, 0.25) is 0 Å². The molecule has 1 heterocycles. The molecule has 5 aromatic carbocycles. The normalized spacial score (nSPS) is 10.5. The van der Waals surface area contributed by atoms with Gasteiger partial charge >= 0.3 is 0 Å². The second-order valence-electron chi connectivity index (χ2n) is 9.01. The molecular formula is C34H17N5. The largest absolute Gasteiger partial charge is 0.309 e. The summed E-state index contributed by atoms with van der Waals surface area (Å²) in [5.41, 5.74) is 7.20. The van der Waals surface area contributed by atoms with Crippen LogP contribution in [0.25, 0.3) is 49.7 Å². The molecule has 0 aliphatic carbocycles. The van der Waals surface area contributed by atoms with Crippen molar-refractivity contribution in [1.29, 1.82) is 21.0 Å². The number of rotatable bonds is 3. The van der Waals surface area contributed by atoms with E-state index in [1.54, 1.807) is 36.4 Å². The summed E-state index contributed by atoms with van der Waals surface area (Å²) < 4.78 is 2.14. The van der Waals surface area contributed by atoms with Crippen molar-refractivity contribution < 1.29 is 0 Å². The van der Waals surface area contributed by atoms with E-state index in [9.17, 15) is 21.0 Å². The average Bonchev–Trinajstić information content (AvgIpc) is 3.34. The molecule has 5 nitrogen and oxygen atoms in total. The van der Waals surface area contributed by atoms with Gasteiger partial charge in [-0.05, 0) is 59.7 Å². The fraction of sp³-hybridized carbons (Fsp3) is 0. The van der Waals surface area contributed by atoms with Crippen molar-refractivity contribution in [3.8, 4) is 52.2 Å². The zero-order chi connectivity index (χ0) is 26.9. The van der Waals surface area contributed by atoms with Crippen LogP contribution in [0.4, 0.5) is 0 Å². The topological polar surface area (TPSA) is 100 Å². The molecule has 39 heavy (non-hydrogen) atoms. The summed E-state index contributed by atoms with van der Waals surface area (Å²) in [5.74, 6) is 0. The summed E-state index contributed by atoms with van der Waals surface area (Å²) in [6.07, 6.45) is 0. The van der Waals surface area contributed by atoms with Crippen LogP contribution in [0.15, 0.2) is 103 Å². The van der Waals surface area contributed by atoms with Gasteiger partial charge in [0.2, 0.25) is 0 Å². The first-order chi connectivity index (χ1) is 19.2. The molecule has 178 valence electrons. The third-order valence-corrected chi connectivity index (χ3v) is 6.97. The lowest BCUT2D eigenvalue weighted by atomic mass is 9.91. The molecule has 5 heteroatoms. The zero-order valence-corrected chi connectivity index (χ0v) is 20.6. The van der Waals surface area contributed by atoms with Crippen LogP contribution in [-0.2, 0) is 0 Å². The molecule has 0 atom stereocenters. The van der Waals surface area contributed by atoms with Gasteiger partial charge in [-0.1, -0.05) is 54.6 Å². The summed E-state index contributed by atoms with van der Waals surface area (Å²) >= 11 is 0. The Balaban J connectivity index is 1.78. The summed E-state index contributed by atoms with van der Waals surface area (Å²) in [5, 5.41) is 41.3. The minimum absolute atomic E-state index is 0.429. The molecule has 0 spiro atoms. The van der Waals surface area contributed by atoms with Gasteiger partial charge in [0.15, 0.2) is 0 Å². The summed E-state index contributed by atoms with van der Waals surface area (Å²) in [7, 11) is 0. The maximum absolute atomic E-state index is 9.91. The second kappa shape index (κ2) is 9.38. The standard InChI is InChI=1S/C34H17N5/c35-18-23-7-4-8-24(19-36)32(23)22-15-16-28-31(17-22)39(27-11-2-1-3-12-27)30-14-6-13-29(34(28)30)33-25(20-37)9-5-10-26(33)21-38/h1-17H. The Kier molecular flexibility index (Phi) is 5.60. The quantitative estimate of drug-likeness (QED) is 0.252. The highest BCUT2D eigenvalue weighted by Gasteiger charge is 2.21. The first-order valence-electron chi connectivity index (χ1n) is 12.2. The van der Waals surface area contributed by atoms with Gasteiger partial charge in [-0.15, -0.1) is 0 Å². The average molecular weight is 496 g/mol. The predicted molar refractivity (Wildman–Crippen MR) is 151 cm³/mol. The number of nitriles is 4. The molecule has 0 fully saturated rings. The van der Waals surface area contributed by atoms with E-state index in [2.05, 4.69) is 28.8 Å². The number of aromatic nitrogens is 1. The highest BCUT2D eigenvalue weighted by atomic mass is 15.0. The summed E-state index contributed by atoms with van der Waals surface area (Å²) in [4.78, 5) is 0. The highest BCUT2D eigenvalue weighted by molar-refractivity contribution is 6.17. The Morgan fingerprint density at radius 1 is 0.487 bits per heavy atom. The van der Waals surface area contributed by atoms with Crippen molar-refractivity contribution in [2.75, 3.05) is 0 Å². The van der Waals surface area contributed by atoms with Crippen molar-refractivity contribution >= 4 is 21.8 Å². The van der Waals surface area contributed by atoms with Crippen LogP contribution in [0, 0.1) is 45.3 Å². The van der Waals surface area contributed by atoms with Crippen molar-refractivity contribution in [1.82, 2.24) is 4.57 Å². The molecule has 6 rings (SSSR count). The van der Waals surface area contributed by atoms with Gasteiger partial charge in [-0.2, -0.15) is 21.0 Å². The fourth-order valence-corrected chi connectivity index (χ4v) is 5.36. The molecular weight excluding hydrogens is 478 g/mol. The Labute approximate surface area is 224 Å². The van der Waals surface area contributed by atoms with Gasteiger partial charge in [-0.3, -0.25) is 0 Å². The molecule has 0 amide bonds. The number of hydrogen-bond donors (Lipinski definition) is 0. The van der Waals surface area contributed by atoms with Crippen LogP contribution in [-0.4, -0.2) is 4.57 Å². The van der Waals surface area contributed by atoms with Crippen molar-refractivity contribution in [2.24, 2.45) is 0 Å². The molecule has 0 aliphatic heterocycles. The van der Waals surface area contributed by atoms with Crippen molar-refractivity contribution in [3.63, 3.8) is 0 Å². The lowest BCUT2D eigenvalue weighted by molar-refractivity contribution is 1.18. The number of benzene rings is 5. The SMILES string of the molecule is N#Cc1cccc(C#N)c1-c1ccc2c3c(-c4c(C#N)cccc4C#N)cccc3n(-c3ccccc3)c2c1. The van der Waals surface area contributed by atoms with Gasteiger partial charge in [0.25, 0.3) is 0 Å². The molecule has 0 unspecified atom stereocenters. The maximum Gasteiger partial charge on any atom is 0.0998 e. The molecule has 1 aromatic heterocycles. The van der Waals surface area contributed by atoms with Crippen LogP contribution in [0.5, 0.6) is 0 Å². The molecule has 6 aromatic rings. The lowest BCUT2D eigenvalue weighted by Crippen LogP contribution is -1.95. The van der Waals surface area contributed by atoms with Gasteiger partial charge in [0.1, 0.15) is 0 Å². The van der Waals surface area contributed by atoms with Gasteiger partial charge in [-0.25, -0.2) is 0 Å². The Morgan fingerprint density at radius 3 is 1.64 bits per heavy atom. The minimum atomic E-state index is 0.429. The zero-order valence-electron chi connectivity index (χ0n) is 20.6. The first kappa shape index (κ1) is 23.3. The van der Waals surface area contributed by atoms with Gasteiger partial charge in [0.05, 0.1) is 57.6 Å².